The molecule has 2 heterocycles. The summed E-state index contributed by atoms with van der Waals surface area (Å²) in [6.45, 7) is 3.56. The first-order valence-corrected chi connectivity index (χ1v) is 7.71. The van der Waals surface area contributed by atoms with Gasteiger partial charge in [-0.15, -0.1) is 0 Å². The van der Waals surface area contributed by atoms with Gasteiger partial charge in [-0.3, -0.25) is 4.90 Å². The van der Waals surface area contributed by atoms with Crippen LogP contribution in [0.25, 0.3) is 0 Å². The van der Waals surface area contributed by atoms with E-state index in [1.165, 1.54) is 50.9 Å². The summed E-state index contributed by atoms with van der Waals surface area (Å²) < 4.78 is 0. The number of pyridine rings is 1. The standard InChI is InChI=1S/C16H25N3/c1-17-16-8-4-7-15(18-16)12-19-10-9-13-5-2-3-6-14(13)11-19/h4,7-8,13-14H,2-3,5-6,9-12H2,1H3,(H,17,18). The fourth-order valence-corrected chi connectivity index (χ4v) is 3.76. The zero-order valence-corrected chi connectivity index (χ0v) is 11.9. The molecule has 3 nitrogen and oxygen atoms in total. The van der Waals surface area contributed by atoms with Crippen molar-refractivity contribution in [3.8, 4) is 0 Å². The van der Waals surface area contributed by atoms with Gasteiger partial charge in [-0.05, 0) is 43.4 Å². The van der Waals surface area contributed by atoms with Crippen LogP contribution in [0.5, 0.6) is 0 Å². The summed E-state index contributed by atoms with van der Waals surface area (Å²) in [6, 6.07) is 6.27. The smallest absolute Gasteiger partial charge is 0.126 e. The van der Waals surface area contributed by atoms with Gasteiger partial charge in [0.05, 0.1) is 5.69 Å². The minimum Gasteiger partial charge on any atom is -0.373 e. The van der Waals surface area contributed by atoms with Gasteiger partial charge in [-0.2, -0.15) is 0 Å². The molecule has 2 unspecified atom stereocenters. The second-order valence-corrected chi connectivity index (χ2v) is 6.09. The number of likely N-dealkylation sites (tertiary alicyclic amines) is 1. The molecule has 104 valence electrons. The molecule has 1 aliphatic carbocycles. The first-order valence-electron chi connectivity index (χ1n) is 7.71. The Morgan fingerprint density at radius 3 is 2.89 bits per heavy atom. The maximum atomic E-state index is 4.64. The van der Waals surface area contributed by atoms with Gasteiger partial charge < -0.3 is 5.32 Å². The number of rotatable bonds is 3. The van der Waals surface area contributed by atoms with Gasteiger partial charge in [-0.25, -0.2) is 4.98 Å². The monoisotopic (exact) mass is 259 g/mol. The molecule has 3 rings (SSSR count). The van der Waals surface area contributed by atoms with Crippen molar-refractivity contribution in [1.29, 1.82) is 0 Å². The Hall–Kier alpha value is -1.09. The number of hydrogen-bond donors (Lipinski definition) is 1. The summed E-state index contributed by atoms with van der Waals surface area (Å²) in [4.78, 5) is 7.24. The summed E-state index contributed by atoms with van der Waals surface area (Å²) in [5.41, 5.74) is 1.20. The first kappa shape index (κ1) is 12.9. The van der Waals surface area contributed by atoms with E-state index in [9.17, 15) is 0 Å². The normalized spacial score (nSPS) is 27.8. The number of fused-ring (bicyclic) bond motifs is 1. The minimum atomic E-state index is 0.954. The quantitative estimate of drug-likeness (QED) is 0.904. The van der Waals surface area contributed by atoms with Crippen molar-refractivity contribution in [2.45, 2.75) is 38.6 Å². The zero-order valence-electron chi connectivity index (χ0n) is 11.9. The summed E-state index contributed by atoms with van der Waals surface area (Å²) in [6.07, 6.45) is 7.24. The topological polar surface area (TPSA) is 28.2 Å². The van der Waals surface area contributed by atoms with Crippen molar-refractivity contribution in [2.75, 3.05) is 25.5 Å². The predicted molar refractivity (Wildman–Crippen MR) is 79.1 cm³/mol. The Kier molecular flexibility index (Phi) is 4.02. The van der Waals surface area contributed by atoms with Gasteiger partial charge >= 0.3 is 0 Å². The van der Waals surface area contributed by atoms with Crippen LogP contribution >= 0.6 is 0 Å². The second-order valence-electron chi connectivity index (χ2n) is 6.09. The third-order valence-electron chi connectivity index (χ3n) is 4.82. The molecule has 0 spiro atoms. The average Bonchev–Trinajstić information content (AvgIpc) is 2.47. The van der Waals surface area contributed by atoms with Gasteiger partial charge in [0.15, 0.2) is 0 Å². The third kappa shape index (κ3) is 3.08. The van der Waals surface area contributed by atoms with E-state index >= 15 is 0 Å². The summed E-state index contributed by atoms with van der Waals surface area (Å²) in [5, 5.41) is 3.12. The fraction of sp³-hybridized carbons (Fsp3) is 0.688. The van der Waals surface area contributed by atoms with Crippen LogP contribution in [0.3, 0.4) is 0 Å². The zero-order chi connectivity index (χ0) is 13.1. The van der Waals surface area contributed by atoms with Crippen molar-refractivity contribution < 1.29 is 0 Å². The molecule has 2 fully saturated rings. The maximum Gasteiger partial charge on any atom is 0.126 e. The summed E-state index contributed by atoms with van der Waals surface area (Å²) in [5.74, 6) is 2.95. The highest BCUT2D eigenvalue weighted by atomic mass is 15.1. The van der Waals surface area contributed by atoms with Gasteiger partial charge in [0.25, 0.3) is 0 Å². The van der Waals surface area contributed by atoms with Crippen LogP contribution in [-0.2, 0) is 6.54 Å². The van der Waals surface area contributed by atoms with E-state index in [0.717, 1.165) is 24.2 Å². The lowest BCUT2D eigenvalue weighted by atomic mass is 9.75. The fourth-order valence-electron chi connectivity index (χ4n) is 3.76. The Balaban J connectivity index is 1.60. The highest BCUT2D eigenvalue weighted by Gasteiger charge is 2.30. The number of anilines is 1. The van der Waals surface area contributed by atoms with Crippen LogP contribution in [0.15, 0.2) is 18.2 Å². The highest BCUT2D eigenvalue weighted by molar-refractivity contribution is 5.34. The van der Waals surface area contributed by atoms with E-state index in [2.05, 4.69) is 27.3 Å². The van der Waals surface area contributed by atoms with E-state index in [4.69, 9.17) is 0 Å². The minimum absolute atomic E-state index is 0.954. The summed E-state index contributed by atoms with van der Waals surface area (Å²) >= 11 is 0. The lowest BCUT2D eigenvalue weighted by Gasteiger charge is -2.41. The Morgan fingerprint density at radius 2 is 2.05 bits per heavy atom. The molecule has 2 aliphatic rings. The van der Waals surface area contributed by atoms with E-state index in [-0.39, 0.29) is 0 Å². The number of hydrogen-bond acceptors (Lipinski definition) is 3. The maximum absolute atomic E-state index is 4.64. The van der Waals surface area contributed by atoms with Crippen LogP contribution in [0.2, 0.25) is 0 Å². The van der Waals surface area contributed by atoms with Crippen LogP contribution in [-0.4, -0.2) is 30.0 Å². The molecule has 1 saturated heterocycles. The van der Waals surface area contributed by atoms with Gasteiger partial charge in [0, 0.05) is 20.1 Å². The number of nitrogens with one attached hydrogen (secondary N) is 1. The molecule has 1 saturated carbocycles. The second kappa shape index (κ2) is 5.91. The van der Waals surface area contributed by atoms with Crippen molar-refractivity contribution in [2.24, 2.45) is 11.8 Å². The van der Waals surface area contributed by atoms with Crippen LogP contribution in [0.4, 0.5) is 5.82 Å². The van der Waals surface area contributed by atoms with E-state index in [0.29, 0.717) is 0 Å². The van der Waals surface area contributed by atoms with E-state index in [1.807, 2.05) is 13.1 Å². The average molecular weight is 259 g/mol. The molecule has 0 bridgehead atoms. The molecular weight excluding hydrogens is 234 g/mol. The third-order valence-corrected chi connectivity index (χ3v) is 4.82. The van der Waals surface area contributed by atoms with Gasteiger partial charge in [0.2, 0.25) is 0 Å². The predicted octanol–water partition coefficient (Wildman–Crippen LogP) is 3.14. The molecule has 1 aliphatic heterocycles. The molecule has 1 aromatic rings. The largest absolute Gasteiger partial charge is 0.373 e. The molecule has 0 radical (unpaired) electrons. The summed E-state index contributed by atoms with van der Waals surface area (Å²) in [7, 11) is 1.93. The number of piperidine rings is 1. The lowest BCUT2D eigenvalue weighted by molar-refractivity contribution is 0.0812. The Morgan fingerprint density at radius 1 is 1.21 bits per heavy atom. The molecule has 0 aromatic carbocycles. The molecule has 2 atom stereocenters. The molecule has 19 heavy (non-hydrogen) atoms. The first-order chi connectivity index (χ1) is 9.35. The van der Waals surface area contributed by atoms with Crippen LogP contribution in [0, 0.1) is 11.8 Å². The molecule has 1 aromatic heterocycles. The van der Waals surface area contributed by atoms with Crippen molar-refractivity contribution in [3.05, 3.63) is 23.9 Å². The van der Waals surface area contributed by atoms with Crippen LogP contribution in [0.1, 0.15) is 37.8 Å². The number of aromatic nitrogens is 1. The van der Waals surface area contributed by atoms with Crippen molar-refractivity contribution in [3.63, 3.8) is 0 Å². The van der Waals surface area contributed by atoms with Crippen molar-refractivity contribution in [1.82, 2.24) is 9.88 Å². The molecular formula is C16H25N3. The van der Waals surface area contributed by atoms with E-state index < -0.39 is 0 Å². The Labute approximate surface area is 116 Å². The van der Waals surface area contributed by atoms with Gasteiger partial charge in [0.1, 0.15) is 5.82 Å². The Bertz CT molecular complexity index is 418. The number of nitrogens with zero attached hydrogens (tertiary/aromatic N) is 2. The highest BCUT2D eigenvalue weighted by Crippen LogP contribution is 2.36. The molecule has 1 N–H and O–H groups in total. The molecule has 0 amide bonds. The lowest BCUT2D eigenvalue weighted by Crippen LogP contribution is -2.41. The van der Waals surface area contributed by atoms with E-state index in [1.54, 1.807) is 0 Å². The van der Waals surface area contributed by atoms with Crippen molar-refractivity contribution >= 4 is 5.82 Å². The molecule has 3 heteroatoms. The van der Waals surface area contributed by atoms with Gasteiger partial charge in [-0.1, -0.05) is 25.3 Å². The van der Waals surface area contributed by atoms with Crippen LogP contribution < -0.4 is 5.32 Å². The SMILES string of the molecule is CNc1cccc(CN2CCC3CCCCC3C2)n1.